The molecule has 2 N–H and O–H groups in total. The van der Waals surface area contributed by atoms with Gasteiger partial charge in [0.25, 0.3) is 0 Å². The quantitative estimate of drug-likeness (QED) is 0.376. The summed E-state index contributed by atoms with van der Waals surface area (Å²) in [6.07, 6.45) is 7.92. The molecule has 1 atom stereocenters. The number of benzene rings is 1. The lowest BCUT2D eigenvalue weighted by Crippen LogP contribution is -2.44. The van der Waals surface area contributed by atoms with Crippen LogP contribution in [0.1, 0.15) is 75.3 Å². The minimum Gasteiger partial charge on any atom is -0.351 e. The molecule has 38 heavy (non-hydrogen) atoms. The molecular weight excluding hydrogens is 632 g/mol. The minimum absolute atomic E-state index is 0. The Morgan fingerprint density at radius 3 is 2.24 bits per heavy atom. The van der Waals surface area contributed by atoms with E-state index in [9.17, 15) is 9.59 Å². The van der Waals surface area contributed by atoms with Crippen LogP contribution in [-0.4, -0.2) is 52.9 Å². The van der Waals surface area contributed by atoms with E-state index < -0.39 is 0 Å². The first-order valence-corrected chi connectivity index (χ1v) is 14.7. The Morgan fingerprint density at radius 2 is 1.58 bits per heavy atom. The van der Waals surface area contributed by atoms with Crippen LogP contribution in [0.4, 0.5) is 4.79 Å². The Bertz CT molecular complexity index is 1160. The van der Waals surface area contributed by atoms with Gasteiger partial charge >= 0.3 is 6.03 Å². The fourth-order valence-electron chi connectivity index (χ4n) is 6.25. The van der Waals surface area contributed by atoms with Crippen LogP contribution >= 0.6 is 43.5 Å². The number of urea groups is 1. The van der Waals surface area contributed by atoms with Gasteiger partial charge in [-0.15, -0.1) is 0 Å². The van der Waals surface area contributed by atoms with Crippen LogP contribution in [-0.2, 0) is 17.6 Å². The molecular formula is C29H39Br2ClN4O2. The van der Waals surface area contributed by atoms with E-state index in [1.54, 1.807) is 4.90 Å². The number of pyridine rings is 1. The Balaban J connectivity index is 0.00000200. The van der Waals surface area contributed by atoms with Crippen molar-refractivity contribution < 1.29 is 9.59 Å². The highest BCUT2D eigenvalue weighted by molar-refractivity contribution is 9.10. The number of aryl methyl sites for hydroxylation is 2. The lowest BCUT2D eigenvalue weighted by molar-refractivity contribution is -0.134. The number of nitrogens with two attached hydrogens (primary N) is 1. The molecule has 0 radical (unpaired) electrons. The van der Waals surface area contributed by atoms with Crippen molar-refractivity contribution >= 4 is 55.4 Å². The zero-order valence-corrected chi connectivity index (χ0v) is 24.1. The molecule has 1 aromatic heterocycles. The Labute approximate surface area is 248 Å². The van der Waals surface area contributed by atoms with Crippen LogP contribution in [0, 0.1) is 11.8 Å². The second-order valence-electron chi connectivity index (χ2n) is 10.3. The minimum atomic E-state index is -0.362. The first-order valence-electron chi connectivity index (χ1n) is 12.7. The van der Waals surface area contributed by atoms with E-state index in [0.29, 0.717) is 31.3 Å². The average Bonchev–Trinajstić information content (AvgIpc) is 3.01. The van der Waals surface area contributed by atoms with Gasteiger partial charge in [-0.05, 0) is 101 Å². The normalized spacial score (nSPS) is 19.9. The van der Waals surface area contributed by atoms with Crippen molar-refractivity contribution in [2.45, 2.75) is 65.7 Å². The third kappa shape index (κ3) is 6.56. The van der Waals surface area contributed by atoms with Crippen molar-refractivity contribution in [3.05, 3.63) is 60.7 Å². The summed E-state index contributed by atoms with van der Waals surface area (Å²) in [5.41, 5.74) is 10.4. The Hall–Kier alpha value is -1.64. The molecule has 6 nitrogen and oxygen atoms in total. The summed E-state index contributed by atoms with van der Waals surface area (Å²) < 4.78 is 2.05. The molecule has 3 heterocycles. The van der Waals surface area contributed by atoms with Crippen molar-refractivity contribution in [1.29, 1.82) is 0 Å². The molecule has 2 aliphatic heterocycles. The Kier molecular flexibility index (Phi) is 10.7. The zero-order valence-electron chi connectivity index (χ0n) is 20.2. The number of halogens is 3. The number of rotatable bonds is 3. The number of hydrogen-bond acceptors (Lipinski definition) is 3. The van der Waals surface area contributed by atoms with Crippen molar-refractivity contribution in [3.63, 3.8) is 0 Å². The SMILES string of the molecule is C.C.NC(=O)N1CCC(CC(=O)N2CCC([C@@H]3c4ncc(Br)cc4CCc4cc(Cl)cc(Br)c43)CC2)CC1. The second-order valence-corrected chi connectivity index (χ2v) is 12.5. The smallest absolute Gasteiger partial charge is 0.314 e. The maximum atomic E-state index is 13.1. The van der Waals surface area contributed by atoms with Gasteiger partial charge in [-0.25, -0.2) is 4.79 Å². The molecule has 2 saturated heterocycles. The largest absolute Gasteiger partial charge is 0.351 e. The lowest BCUT2D eigenvalue weighted by atomic mass is 9.76. The monoisotopic (exact) mass is 668 g/mol. The first kappa shape index (κ1) is 30.9. The van der Waals surface area contributed by atoms with Crippen LogP contribution in [0.3, 0.4) is 0 Å². The summed E-state index contributed by atoms with van der Waals surface area (Å²) in [5, 5.41) is 0.751. The van der Waals surface area contributed by atoms with Gasteiger partial charge in [0.05, 0.1) is 5.69 Å². The molecule has 9 heteroatoms. The number of carbonyl (C=O) groups is 2. The van der Waals surface area contributed by atoms with Crippen molar-refractivity contribution in [1.82, 2.24) is 14.8 Å². The molecule has 1 aliphatic carbocycles. The molecule has 0 spiro atoms. The van der Waals surface area contributed by atoms with Gasteiger partial charge in [0.2, 0.25) is 5.91 Å². The van der Waals surface area contributed by atoms with E-state index in [1.165, 1.54) is 16.7 Å². The number of hydrogen-bond donors (Lipinski definition) is 1. The maximum absolute atomic E-state index is 13.1. The highest BCUT2D eigenvalue weighted by atomic mass is 79.9. The van der Waals surface area contributed by atoms with Gasteiger partial charge in [-0.3, -0.25) is 9.78 Å². The second kappa shape index (κ2) is 13.1. The third-order valence-corrected chi connectivity index (χ3v) is 9.48. The molecule has 5 rings (SSSR count). The van der Waals surface area contributed by atoms with E-state index in [2.05, 4.69) is 44.0 Å². The van der Waals surface area contributed by atoms with Gasteiger partial charge in [0, 0.05) is 58.7 Å². The number of amides is 3. The molecule has 3 aliphatic rings. The first-order chi connectivity index (χ1) is 17.3. The summed E-state index contributed by atoms with van der Waals surface area (Å²) in [7, 11) is 0. The average molecular weight is 671 g/mol. The fraction of sp³-hybridized carbons (Fsp3) is 0.552. The summed E-state index contributed by atoms with van der Waals surface area (Å²) >= 11 is 13.9. The maximum Gasteiger partial charge on any atom is 0.314 e. The number of nitrogens with zero attached hydrogens (tertiary/aromatic N) is 3. The molecule has 0 unspecified atom stereocenters. The Morgan fingerprint density at radius 1 is 0.947 bits per heavy atom. The summed E-state index contributed by atoms with van der Waals surface area (Å²) in [5.74, 6) is 1.14. The van der Waals surface area contributed by atoms with Crippen LogP contribution in [0.2, 0.25) is 5.02 Å². The third-order valence-electron chi connectivity index (χ3n) is 8.17. The van der Waals surface area contributed by atoms with E-state index >= 15 is 0 Å². The van der Waals surface area contributed by atoms with Crippen LogP contribution < -0.4 is 5.73 Å². The van der Waals surface area contributed by atoms with Crippen molar-refractivity contribution in [3.8, 4) is 0 Å². The summed E-state index contributed by atoms with van der Waals surface area (Å²) in [6.45, 7) is 2.84. The van der Waals surface area contributed by atoms with Crippen molar-refractivity contribution in [2.24, 2.45) is 17.6 Å². The van der Waals surface area contributed by atoms with Gasteiger partial charge in [0.1, 0.15) is 0 Å². The number of piperidine rings is 2. The molecule has 208 valence electrons. The molecule has 1 aromatic carbocycles. The highest BCUT2D eigenvalue weighted by Crippen LogP contribution is 2.46. The number of fused-ring (bicyclic) bond motifs is 2. The van der Waals surface area contributed by atoms with Gasteiger partial charge in [-0.1, -0.05) is 42.4 Å². The summed E-state index contributed by atoms with van der Waals surface area (Å²) in [4.78, 5) is 33.2. The number of aromatic nitrogens is 1. The van der Waals surface area contributed by atoms with E-state index in [0.717, 1.165) is 71.3 Å². The number of primary amides is 1. The number of likely N-dealkylation sites (tertiary alicyclic amines) is 2. The molecule has 2 aromatic rings. The van der Waals surface area contributed by atoms with Gasteiger partial charge in [-0.2, -0.15) is 0 Å². The molecule has 3 amide bonds. The summed E-state index contributed by atoms with van der Waals surface area (Å²) in [6, 6.07) is 5.95. The number of carbonyl (C=O) groups excluding carboxylic acids is 2. The lowest BCUT2D eigenvalue weighted by Gasteiger charge is -2.38. The molecule has 0 saturated carbocycles. The van der Waals surface area contributed by atoms with E-state index in [1.807, 2.05) is 17.2 Å². The topological polar surface area (TPSA) is 79.5 Å². The van der Waals surface area contributed by atoms with Crippen molar-refractivity contribution in [2.75, 3.05) is 26.2 Å². The van der Waals surface area contributed by atoms with Crippen LogP contribution in [0.15, 0.2) is 33.3 Å². The fourth-order valence-corrected chi connectivity index (χ4v) is 7.75. The van der Waals surface area contributed by atoms with E-state index in [-0.39, 0.29) is 32.7 Å². The zero-order chi connectivity index (χ0) is 25.4. The standard InChI is InChI=1S/C27H31Br2ClN4O2.2CH4/c28-20-12-19-2-1-18-13-21(30)14-22(29)24(18)25(26(19)32-15-20)17-5-9-33(10-6-17)23(35)11-16-3-7-34(8-4-16)27(31)36;;/h12-17,25H,1-11H2,(H2,31,36);2*1H4/t25-;;/m0../s1. The van der Waals surface area contributed by atoms with Gasteiger partial charge in [0.15, 0.2) is 0 Å². The van der Waals surface area contributed by atoms with E-state index in [4.69, 9.17) is 22.3 Å². The van der Waals surface area contributed by atoms with Crippen LogP contribution in [0.5, 0.6) is 0 Å². The van der Waals surface area contributed by atoms with Crippen LogP contribution in [0.25, 0.3) is 0 Å². The molecule has 0 bridgehead atoms. The van der Waals surface area contributed by atoms with Gasteiger partial charge < -0.3 is 15.5 Å². The highest BCUT2D eigenvalue weighted by Gasteiger charge is 2.36. The predicted molar refractivity (Wildman–Crippen MR) is 162 cm³/mol. The molecule has 2 fully saturated rings. The predicted octanol–water partition coefficient (Wildman–Crippen LogP) is 7.18.